The molecule has 0 saturated heterocycles. The Balaban J connectivity index is 1.72. The van der Waals surface area contributed by atoms with Gasteiger partial charge in [0.25, 0.3) is 5.91 Å². The SMILES string of the molecule is CCOc1ccccc1C(=O)NCc1sc(-c2cccnc2)nc1C. The number of nitrogens with one attached hydrogen (secondary N) is 1. The van der Waals surface area contributed by atoms with Gasteiger partial charge in [0.1, 0.15) is 10.8 Å². The van der Waals surface area contributed by atoms with Crippen molar-refractivity contribution in [1.29, 1.82) is 0 Å². The molecule has 3 aromatic rings. The number of benzene rings is 1. The summed E-state index contributed by atoms with van der Waals surface area (Å²) in [6.45, 7) is 4.80. The molecule has 0 fully saturated rings. The van der Waals surface area contributed by atoms with Gasteiger partial charge in [-0.15, -0.1) is 11.3 Å². The topological polar surface area (TPSA) is 64.1 Å². The Labute approximate surface area is 150 Å². The number of hydrogen-bond donors (Lipinski definition) is 1. The second-order valence-corrected chi connectivity index (χ2v) is 6.46. The number of pyridine rings is 1. The van der Waals surface area contributed by atoms with Gasteiger partial charge < -0.3 is 10.1 Å². The molecule has 1 aromatic carbocycles. The number of rotatable bonds is 6. The van der Waals surface area contributed by atoms with E-state index in [4.69, 9.17) is 4.74 Å². The summed E-state index contributed by atoms with van der Waals surface area (Å²) in [4.78, 5) is 22.2. The summed E-state index contributed by atoms with van der Waals surface area (Å²) in [5.74, 6) is 0.444. The molecular weight excluding hydrogens is 334 g/mol. The summed E-state index contributed by atoms with van der Waals surface area (Å²) in [5.41, 5.74) is 2.44. The van der Waals surface area contributed by atoms with Gasteiger partial charge in [0.05, 0.1) is 24.4 Å². The smallest absolute Gasteiger partial charge is 0.255 e. The third kappa shape index (κ3) is 4.03. The fourth-order valence-corrected chi connectivity index (χ4v) is 3.39. The Morgan fingerprint density at radius 2 is 2.08 bits per heavy atom. The van der Waals surface area contributed by atoms with Crippen LogP contribution in [0.25, 0.3) is 10.6 Å². The fourth-order valence-electron chi connectivity index (χ4n) is 2.40. The molecule has 0 radical (unpaired) electrons. The quantitative estimate of drug-likeness (QED) is 0.731. The van der Waals surface area contributed by atoms with Crippen molar-refractivity contribution in [3.63, 3.8) is 0 Å². The van der Waals surface area contributed by atoms with Gasteiger partial charge in [0, 0.05) is 22.8 Å². The number of aryl methyl sites for hydroxylation is 1. The van der Waals surface area contributed by atoms with E-state index in [0.29, 0.717) is 24.5 Å². The van der Waals surface area contributed by atoms with E-state index in [2.05, 4.69) is 15.3 Å². The zero-order chi connectivity index (χ0) is 17.6. The van der Waals surface area contributed by atoms with Crippen molar-refractivity contribution >= 4 is 17.2 Å². The first kappa shape index (κ1) is 17.1. The average molecular weight is 353 g/mol. The van der Waals surface area contributed by atoms with E-state index in [1.807, 2.05) is 38.1 Å². The Morgan fingerprint density at radius 3 is 2.84 bits per heavy atom. The van der Waals surface area contributed by atoms with E-state index < -0.39 is 0 Å². The normalized spacial score (nSPS) is 10.5. The van der Waals surface area contributed by atoms with Crippen molar-refractivity contribution in [3.05, 3.63) is 64.9 Å². The number of carbonyl (C=O) groups is 1. The lowest BCUT2D eigenvalue weighted by Gasteiger charge is -2.10. The third-order valence-corrected chi connectivity index (χ3v) is 4.85. The number of aromatic nitrogens is 2. The second-order valence-electron chi connectivity index (χ2n) is 5.38. The molecule has 0 aliphatic carbocycles. The summed E-state index contributed by atoms with van der Waals surface area (Å²) in [6.07, 6.45) is 3.53. The molecule has 0 aliphatic heterocycles. The molecule has 1 N–H and O–H groups in total. The molecular formula is C19H19N3O2S. The van der Waals surface area contributed by atoms with Crippen molar-refractivity contribution < 1.29 is 9.53 Å². The maximum atomic E-state index is 12.5. The Bertz CT molecular complexity index is 862. The molecule has 2 heterocycles. The van der Waals surface area contributed by atoms with Crippen LogP contribution >= 0.6 is 11.3 Å². The number of nitrogens with zero attached hydrogens (tertiary/aromatic N) is 2. The van der Waals surface area contributed by atoms with Gasteiger partial charge in [-0.3, -0.25) is 9.78 Å². The molecule has 3 rings (SSSR count). The molecule has 0 unspecified atom stereocenters. The third-order valence-electron chi connectivity index (χ3n) is 3.64. The van der Waals surface area contributed by atoms with Crippen LogP contribution in [-0.4, -0.2) is 22.5 Å². The second kappa shape index (κ2) is 7.90. The molecule has 2 aromatic heterocycles. The van der Waals surface area contributed by atoms with E-state index in [0.717, 1.165) is 21.1 Å². The molecule has 0 saturated carbocycles. The zero-order valence-electron chi connectivity index (χ0n) is 14.2. The van der Waals surface area contributed by atoms with Crippen LogP contribution in [0.1, 0.15) is 27.9 Å². The first-order valence-corrected chi connectivity index (χ1v) is 8.87. The minimum absolute atomic E-state index is 0.153. The standard InChI is InChI=1S/C19H19N3O2S/c1-3-24-16-9-5-4-8-15(16)18(23)21-12-17-13(2)22-19(25-17)14-7-6-10-20-11-14/h4-11H,3,12H2,1-2H3,(H,21,23). The number of para-hydroxylation sites is 1. The van der Waals surface area contributed by atoms with Crippen molar-refractivity contribution in [1.82, 2.24) is 15.3 Å². The van der Waals surface area contributed by atoms with Crippen LogP contribution in [0.2, 0.25) is 0 Å². The van der Waals surface area contributed by atoms with Crippen molar-refractivity contribution in [2.24, 2.45) is 0 Å². The highest BCUT2D eigenvalue weighted by Crippen LogP contribution is 2.27. The maximum absolute atomic E-state index is 12.5. The number of thiazole rings is 1. The van der Waals surface area contributed by atoms with Crippen LogP contribution in [0.5, 0.6) is 5.75 Å². The van der Waals surface area contributed by atoms with E-state index in [9.17, 15) is 4.79 Å². The minimum atomic E-state index is -0.153. The summed E-state index contributed by atoms with van der Waals surface area (Å²) in [5, 5.41) is 3.86. The van der Waals surface area contributed by atoms with Gasteiger partial charge >= 0.3 is 0 Å². The molecule has 0 bridgehead atoms. The van der Waals surface area contributed by atoms with Crippen molar-refractivity contribution in [3.8, 4) is 16.3 Å². The molecule has 1 amide bonds. The molecule has 0 atom stereocenters. The van der Waals surface area contributed by atoms with E-state index >= 15 is 0 Å². The molecule has 6 heteroatoms. The number of ether oxygens (including phenoxy) is 1. The van der Waals surface area contributed by atoms with Crippen LogP contribution < -0.4 is 10.1 Å². The maximum Gasteiger partial charge on any atom is 0.255 e. The summed E-state index contributed by atoms with van der Waals surface area (Å²) in [6, 6.07) is 11.1. The van der Waals surface area contributed by atoms with Gasteiger partial charge in [-0.05, 0) is 38.1 Å². The molecule has 128 valence electrons. The zero-order valence-corrected chi connectivity index (χ0v) is 15.0. The lowest BCUT2D eigenvalue weighted by Crippen LogP contribution is -2.23. The summed E-state index contributed by atoms with van der Waals surface area (Å²) >= 11 is 1.57. The van der Waals surface area contributed by atoms with E-state index in [1.54, 1.807) is 35.9 Å². The highest BCUT2D eigenvalue weighted by Gasteiger charge is 2.14. The minimum Gasteiger partial charge on any atom is -0.493 e. The van der Waals surface area contributed by atoms with Crippen LogP contribution in [-0.2, 0) is 6.54 Å². The fraction of sp³-hybridized carbons (Fsp3) is 0.211. The number of amides is 1. The summed E-state index contributed by atoms with van der Waals surface area (Å²) in [7, 11) is 0. The first-order valence-electron chi connectivity index (χ1n) is 8.05. The monoisotopic (exact) mass is 353 g/mol. The number of hydrogen-bond acceptors (Lipinski definition) is 5. The lowest BCUT2D eigenvalue weighted by atomic mass is 10.2. The van der Waals surface area contributed by atoms with E-state index in [-0.39, 0.29) is 5.91 Å². The van der Waals surface area contributed by atoms with Gasteiger partial charge in [-0.2, -0.15) is 0 Å². The highest BCUT2D eigenvalue weighted by molar-refractivity contribution is 7.15. The summed E-state index contributed by atoms with van der Waals surface area (Å²) < 4.78 is 5.52. The highest BCUT2D eigenvalue weighted by atomic mass is 32.1. The van der Waals surface area contributed by atoms with Crippen LogP contribution in [0.15, 0.2) is 48.8 Å². The molecule has 5 nitrogen and oxygen atoms in total. The van der Waals surface area contributed by atoms with Crippen molar-refractivity contribution in [2.75, 3.05) is 6.61 Å². The Morgan fingerprint density at radius 1 is 1.24 bits per heavy atom. The first-order chi connectivity index (χ1) is 12.2. The Hall–Kier alpha value is -2.73. The van der Waals surface area contributed by atoms with Crippen LogP contribution in [0.3, 0.4) is 0 Å². The Kier molecular flexibility index (Phi) is 5.40. The predicted molar refractivity (Wildman–Crippen MR) is 98.9 cm³/mol. The largest absolute Gasteiger partial charge is 0.493 e. The van der Waals surface area contributed by atoms with Gasteiger partial charge in [0.15, 0.2) is 0 Å². The predicted octanol–water partition coefficient (Wildman–Crippen LogP) is 3.84. The van der Waals surface area contributed by atoms with Crippen molar-refractivity contribution in [2.45, 2.75) is 20.4 Å². The van der Waals surface area contributed by atoms with E-state index in [1.165, 1.54) is 0 Å². The lowest BCUT2D eigenvalue weighted by molar-refractivity contribution is 0.0947. The molecule has 0 aliphatic rings. The van der Waals surface area contributed by atoms with Gasteiger partial charge in [0.2, 0.25) is 0 Å². The van der Waals surface area contributed by atoms with Crippen LogP contribution in [0.4, 0.5) is 0 Å². The molecule has 25 heavy (non-hydrogen) atoms. The van der Waals surface area contributed by atoms with Gasteiger partial charge in [-0.25, -0.2) is 4.98 Å². The van der Waals surface area contributed by atoms with Crippen LogP contribution in [0, 0.1) is 6.92 Å². The number of carbonyl (C=O) groups excluding carboxylic acids is 1. The van der Waals surface area contributed by atoms with Gasteiger partial charge in [-0.1, -0.05) is 12.1 Å². The average Bonchev–Trinajstić information content (AvgIpc) is 3.02. The molecule has 0 spiro atoms.